The van der Waals surface area contributed by atoms with E-state index in [1.807, 2.05) is 224 Å². The van der Waals surface area contributed by atoms with Gasteiger partial charge in [-0.15, -0.1) is 0 Å². The van der Waals surface area contributed by atoms with E-state index in [1.165, 1.54) is 10.9 Å². The third kappa shape index (κ3) is 10.5. The Morgan fingerprint density at radius 1 is 0.537 bits per heavy atom. The maximum atomic E-state index is 18.6. The highest BCUT2D eigenvalue weighted by Gasteiger charge is 2.59. The van der Waals surface area contributed by atoms with Crippen LogP contribution < -0.4 is 19.5 Å². The first-order valence-electron chi connectivity index (χ1n) is 26.3. The molecule has 1 aliphatic heterocycles. The van der Waals surface area contributed by atoms with Gasteiger partial charge in [0.15, 0.2) is 29.4 Å². The van der Waals surface area contributed by atoms with Crippen molar-refractivity contribution in [3.05, 3.63) is 281 Å². The second kappa shape index (κ2) is 23.7. The molecular formula is C66H59F2N5O7. The van der Waals surface area contributed by atoms with E-state index in [2.05, 4.69) is 15.3 Å². The Morgan fingerprint density at radius 2 is 0.975 bits per heavy atom. The molecule has 8 aromatic carbocycles. The van der Waals surface area contributed by atoms with Gasteiger partial charge in [-0.2, -0.15) is 14.4 Å². The van der Waals surface area contributed by atoms with Crippen LogP contribution in [0.1, 0.15) is 50.7 Å². The molecule has 10 aromatic rings. The van der Waals surface area contributed by atoms with Crippen LogP contribution in [0.5, 0.6) is 17.2 Å². The van der Waals surface area contributed by atoms with Gasteiger partial charge in [-0.25, -0.2) is 9.37 Å². The minimum Gasteiger partial charge on any atom is -0.497 e. The summed E-state index contributed by atoms with van der Waals surface area (Å²) < 4.78 is 81.8. The topological polar surface area (TPSA) is 120 Å². The van der Waals surface area contributed by atoms with E-state index in [4.69, 9.17) is 38.1 Å². The molecule has 0 bridgehead atoms. The Morgan fingerprint density at radius 3 is 1.48 bits per heavy atom. The number of aromatic nitrogens is 4. The number of ether oxygens (including phenoxy) is 7. The van der Waals surface area contributed by atoms with E-state index in [0.29, 0.717) is 17.2 Å². The molecule has 0 saturated carbocycles. The Kier molecular flexibility index (Phi) is 15.7. The van der Waals surface area contributed by atoms with Crippen LogP contribution in [0.25, 0.3) is 11.2 Å². The fourth-order valence-corrected chi connectivity index (χ4v) is 10.8. The lowest BCUT2D eigenvalue weighted by Gasteiger charge is -2.41. The molecule has 2 aromatic heterocycles. The first-order chi connectivity index (χ1) is 39.3. The highest BCUT2D eigenvalue weighted by molar-refractivity contribution is 5.84. The zero-order valence-electron chi connectivity index (χ0n) is 44.4. The monoisotopic (exact) mass is 1070 g/mol. The predicted octanol–water partition coefficient (Wildman–Crippen LogP) is 12.8. The van der Waals surface area contributed by atoms with Gasteiger partial charge in [0, 0.05) is 0 Å². The molecule has 4 atom stereocenters. The lowest BCUT2D eigenvalue weighted by molar-refractivity contribution is -0.197. The number of benzene rings is 8. The molecule has 12 nitrogen and oxygen atoms in total. The van der Waals surface area contributed by atoms with Crippen molar-refractivity contribution in [2.24, 2.45) is 0 Å². The maximum absolute atomic E-state index is 18.6. The summed E-state index contributed by atoms with van der Waals surface area (Å²) in [6, 6.07) is 71.5. The fourth-order valence-electron chi connectivity index (χ4n) is 10.8. The van der Waals surface area contributed by atoms with Gasteiger partial charge in [0.2, 0.25) is 0 Å². The van der Waals surface area contributed by atoms with Crippen molar-refractivity contribution in [2.75, 3.05) is 39.9 Å². The van der Waals surface area contributed by atoms with E-state index < -0.39 is 41.3 Å². The summed E-state index contributed by atoms with van der Waals surface area (Å²) in [6.07, 6.45) is -4.52. The number of nitrogens with one attached hydrogen (secondary N) is 1. The molecule has 0 unspecified atom stereocenters. The van der Waals surface area contributed by atoms with E-state index >= 15 is 8.78 Å². The summed E-state index contributed by atoms with van der Waals surface area (Å²) in [5, 5.41) is 3.66. The number of fused-ring (bicyclic) bond motifs is 1. The van der Waals surface area contributed by atoms with Crippen molar-refractivity contribution < 1.29 is 41.9 Å². The molecule has 0 amide bonds. The van der Waals surface area contributed by atoms with Gasteiger partial charge in [0.25, 0.3) is 0 Å². The Hall–Kier alpha value is -8.79. The van der Waals surface area contributed by atoms with Gasteiger partial charge in [0.05, 0.1) is 54.1 Å². The van der Waals surface area contributed by atoms with Gasteiger partial charge in [0.1, 0.15) is 40.1 Å². The minimum atomic E-state index is -1.95. The van der Waals surface area contributed by atoms with Crippen LogP contribution >= 0.6 is 0 Å². The largest absolute Gasteiger partial charge is 0.497 e. The van der Waals surface area contributed by atoms with E-state index in [9.17, 15) is 0 Å². The van der Waals surface area contributed by atoms with Crippen molar-refractivity contribution in [1.29, 1.82) is 0 Å². The van der Waals surface area contributed by atoms with E-state index in [-0.39, 0.29) is 43.4 Å². The van der Waals surface area contributed by atoms with Crippen molar-refractivity contribution in [2.45, 2.75) is 48.5 Å². The van der Waals surface area contributed by atoms with Crippen LogP contribution in [0.15, 0.2) is 231 Å². The maximum Gasteiger partial charge on any atom is 0.312 e. The Labute approximate surface area is 463 Å². The SMILES string of the molecule is COc1ccc(C(Nc2nc(F)nc3c2ncn3[C@@H]2O[C@@](COCc3ccccc3)(COC(c3ccccc3)(c3ccc(OC)cc3)c3ccc(OC)cc3)[C@@H](OCc3ccccc3)[C@@H]2F)(c2ccccc2)c2ccccc2)cc1. The smallest absolute Gasteiger partial charge is 0.312 e. The molecule has 3 heterocycles. The first kappa shape index (κ1) is 53.2. The number of rotatable bonds is 22. The van der Waals surface area contributed by atoms with Crippen molar-refractivity contribution in [3.8, 4) is 17.2 Å². The Bertz CT molecular complexity index is 3500. The summed E-state index contributed by atoms with van der Waals surface area (Å²) in [5.41, 5.74) is 2.23. The quantitative estimate of drug-likeness (QED) is 0.0516. The average Bonchev–Trinajstić information content (AvgIpc) is 4.13. The molecule has 1 N–H and O–H groups in total. The molecule has 80 heavy (non-hydrogen) atoms. The third-order valence-electron chi connectivity index (χ3n) is 14.8. The predicted molar refractivity (Wildman–Crippen MR) is 302 cm³/mol. The zero-order chi connectivity index (χ0) is 54.9. The molecule has 11 rings (SSSR count). The number of halogens is 2. The number of nitrogens with zero attached hydrogens (tertiary/aromatic N) is 4. The van der Waals surface area contributed by atoms with Gasteiger partial charge in [-0.3, -0.25) is 4.57 Å². The van der Waals surface area contributed by atoms with Gasteiger partial charge in [-0.05, 0) is 80.9 Å². The van der Waals surface area contributed by atoms with Crippen LogP contribution in [0.4, 0.5) is 14.6 Å². The normalized spacial score (nSPS) is 17.3. The van der Waals surface area contributed by atoms with Crippen LogP contribution in [-0.4, -0.2) is 71.9 Å². The molecule has 1 fully saturated rings. The van der Waals surface area contributed by atoms with Crippen LogP contribution in [-0.2, 0) is 43.3 Å². The second-order valence-electron chi connectivity index (χ2n) is 19.5. The number of methoxy groups -OCH3 is 3. The summed E-state index contributed by atoms with van der Waals surface area (Å²) in [4.78, 5) is 13.6. The minimum absolute atomic E-state index is 0.00515. The molecule has 1 saturated heterocycles. The summed E-state index contributed by atoms with van der Waals surface area (Å²) in [5.74, 6) is 1.99. The Balaban J connectivity index is 1.06. The first-order valence-corrected chi connectivity index (χ1v) is 26.3. The standard InChI is InChI=1S/C66H59F2N5O7/c1-74-54-35-29-50(30-36-54)65(48-23-13-6-14-24-48,49-25-15-7-16-26-49)72-60-58-61(71-63(68)70-60)73(45-69-58)62-57(67)59(78-42-47-21-11-5-12-22-47)64(80-62,43-77-41-46-19-9-4-10-20-46)44-79-66(51-27-17-8-18-28-51,52-31-37-55(75-2)38-32-52)53-33-39-56(76-3)40-34-53/h4-40,45,57,59,62H,41-44H2,1-3H3,(H,70,71,72)/t57-,59-,62+,64-/m0/s1. The number of imidazole rings is 1. The highest BCUT2D eigenvalue weighted by atomic mass is 19.1. The van der Waals surface area contributed by atoms with Crippen LogP contribution in [0.3, 0.4) is 0 Å². The summed E-state index contributed by atoms with van der Waals surface area (Å²) in [7, 11) is 4.83. The zero-order valence-corrected chi connectivity index (χ0v) is 44.4. The van der Waals surface area contributed by atoms with Crippen molar-refractivity contribution in [1.82, 2.24) is 19.5 Å². The average molecular weight is 1070 g/mol. The highest BCUT2D eigenvalue weighted by Crippen LogP contribution is 2.48. The fraction of sp³-hybridized carbons (Fsp3) is 0.197. The van der Waals surface area contributed by atoms with Crippen molar-refractivity contribution in [3.63, 3.8) is 0 Å². The summed E-state index contributed by atoms with van der Waals surface area (Å²) >= 11 is 0. The molecule has 0 aliphatic carbocycles. The van der Waals surface area contributed by atoms with Crippen molar-refractivity contribution >= 4 is 17.0 Å². The number of anilines is 1. The molecule has 0 radical (unpaired) electrons. The molecule has 14 heteroatoms. The molecule has 1 aliphatic rings. The lowest BCUT2D eigenvalue weighted by Crippen LogP contribution is -2.53. The second-order valence-corrected chi connectivity index (χ2v) is 19.5. The van der Waals surface area contributed by atoms with Crippen LogP contribution in [0.2, 0.25) is 0 Å². The van der Waals surface area contributed by atoms with Crippen LogP contribution in [0, 0.1) is 6.08 Å². The molecule has 0 spiro atoms. The lowest BCUT2D eigenvalue weighted by atomic mass is 9.77. The molecule has 404 valence electrons. The van der Waals surface area contributed by atoms with E-state index in [0.717, 1.165) is 44.5 Å². The van der Waals surface area contributed by atoms with E-state index in [1.54, 1.807) is 21.3 Å². The number of alkyl halides is 1. The summed E-state index contributed by atoms with van der Waals surface area (Å²) in [6.45, 7) is -0.354. The van der Waals surface area contributed by atoms with Gasteiger partial charge < -0.3 is 38.5 Å². The van der Waals surface area contributed by atoms with Gasteiger partial charge in [-0.1, -0.05) is 188 Å². The van der Waals surface area contributed by atoms with Gasteiger partial charge >= 0.3 is 6.08 Å². The molecular weight excluding hydrogens is 1010 g/mol. The number of hydrogen-bond donors (Lipinski definition) is 1. The number of hydrogen-bond acceptors (Lipinski definition) is 11. The third-order valence-corrected chi connectivity index (χ3v) is 14.8.